The number of pyridine rings is 1. The Morgan fingerprint density at radius 3 is 2.21 bits per heavy atom. The molecule has 0 aliphatic heterocycles. The Kier molecular flexibility index (Phi) is 3.48. The zero-order valence-electron chi connectivity index (χ0n) is 12.2. The van der Waals surface area contributed by atoms with Crippen LogP contribution in [0.25, 0.3) is 0 Å². The highest BCUT2D eigenvalue weighted by Gasteiger charge is 2.30. The van der Waals surface area contributed by atoms with E-state index < -0.39 is 0 Å². The Bertz CT molecular complexity index is 447. The number of nitrogens with two attached hydrogens (primary N) is 1. The van der Waals surface area contributed by atoms with E-state index in [1.807, 2.05) is 0 Å². The molecule has 3 nitrogen and oxygen atoms in total. The Balaban J connectivity index is 1.89. The van der Waals surface area contributed by atoms with Gasteiger partial charge in [0.25, 0.3) is 0 Å². The van der Waals surface area contributed by atoms with Gasteiger partial charge in [-0.3, -0.25) is 4.98 Å². The molecule has 1 aromatic heterocycles. The fraction of sp³-hybridized carbons (Fsp3) is 0.688. The molecule has 1 aromatic rings. The van der Waals surface area contributed by atoms with Crippen LogP contribution in [-0.4, -0.2) is 18.1 Å². The predicted molar refractivity (Wildman–Crippen MR) is 79.3 cm³/mol. The van der Waals surface area contributed by atoms with Crippen LogP contribution in [0.2, 0.25) is 0 Å². The maximum Gasteiger partial charge on any atom is 0.0448 e. The van der Waals surface area contributed by atoms with E-state index in [1.54, 1.807) is 0 Å². The third-order valence-corrected chi connectivity index (χ3v) is 4.33. The van der Waals surface area contributed by atoms with Gasteiger partial charge in [-0.05, 0) is 57.4 Å². The summed E-state index contributed by atoms with van der Waals surface area (Å²) in [6.07, 6.45) is 5.62. The molecule has 0 saturated heterocycles. The van der Waals surface area contributed by atoms with Gasteiger partial charge < -0.3 is 10.6 Å². The van der Waals surface area contributed by atoms with Crippen molar-refractivity contribution in [1.29, 1.82) is 0 Å². The Labute approximate surface area is 116 Å². The van der Waals surface area contributed by atoms with Gasteiger partial charge in [-0.25, -0.2) is 0 Å². The highest BCUT2D eigenvalue weighted by molar-refractivity contribution is 5.56. The Morgan fingerprint density at radius 2 is 1.74 bits per heavy atom. The van der Waals surface area contributed by atoms with Crippen LogP contribution >= 0.6 is 0 Å². The van der Waals surface area contributed by atoms with E-state index in [-0.39, 0.29) is 0 Å². The maximum absolute atomic E-state index is 5.97. The van der Waals surface area contributed by atoms with Gasteiger partial charge in [0.2, 0.25) is 0 Å². The SMILES string of the molecule is Cc1cc(N(CC2CC2)CC2CC2)c(CN)c(C)n1. The largest absolute Gasteiger partial charge is 0.371 e. The summed E-state index contributed by atoms with van der Waals surface area (Å²) in [7, 11) is 0. The molecule has 0 aromatic carbocycles. The van der Waals surface area contributed by atoms with Crippen molar-refractivity contribution in [2.24, 2.45) is 17.6 Å². The first-order chi connectivity index (χ1) is 9.17. The van der Waals surface area contributed by atoms with Crippen molar-refractivity contribution in [3.8, 4) is 0 Å². The molecule has 3 rings (SSSR count). The quantitative estimate of drug-likeness (QED) is 0.854. The van der Waals surface area contributed by atoms with Crippen LogP contribution in [0.5, 0.6) is 0 Å². The number of rotatable bonds is 6. The summed E-state index contributed by atoms with van der Waals surface area (Å²) in [6, 6.07) is 2.24. The van der Waals surface area contributed by atoms with Gasteiger partial charge in [0.05, 0.1) is 0 Å². The molecule has 1 heterocycles. The minimum absolute atomic E-state index is 0.598. The topological polar surface area (TPSA) is 42.1 Å². The van der Waals surface area contributed by atoms with Gasteiger partial charge in [0.15, 0.2) is 0 Å². The number of hydrogen-bond acceptors (Lipinski definition) is 3. The molecule has 2 saturated carbocycles. The van der Waals surface area contributed by atoms with Crippen LogP contribution in [0, 0.1) is 25.7 Å². The van der Waals surface area contributed by atoms with E-state index in [4.69, 9.17) is 5.73 Å². The summed E-state index contributed by atoms with van der Waals surface area (Å²) in [4.78, 5) is 7.17. The molecule has 2 aliphatic carbocycles. The molecule has 0 radical (unpaired) electrons. The first-order valence-corrected chi connectivity index (χ1v) is 7.59. The predicted octanol–water partition coefficient (Wildman–Crippen LogP) is 2.78. The number of anilines is 1. The second kappa shape index (κ2) is 5.12. The molecule has 0 amide bonds. The van der Waals surface area contributed by atoms with Gasteiger partial charge in [-0.2, -0.15) is 0 Å². The van der Waals surface area contributed by atoms with Crippen molar-refractivity contribution in [2.45, 2.75) is 46.1 Å². The monoisotopic (exact) mass is 259 g/mol. The average Bonchev–Trinajstić information content (AvgIpc) is 3.22. The fourth-order valence-corrected chi connectivity index (χ4v) is 2.86. The van der Waals surface area contributed by atoms with Crippen LogP contribution in [0.4, 0.5) is 5.69 Å². The van der Waals surface area contributed by atoms with Crippen molar-refractivity contribution >= 4 is 5.69 Å². The Morgan fingerprint density at radius 1 is 1.16 bits per heavy atom. The van der Waals surface area contributed by atoms with Crippen molar-refractivity contribution < 1.29 is 0 Å². The number of hydrogen-bond donors (Lipinski definition) is 1. The van der Waals surface area contributed by atoms with Crippen LogP contribution in [0.15, 0.2) is 6.07 Å². The van der Waals surface area contributed by atoms with E-state index in [9.17, 15) is 0 Å². The molecule has 104 valence electrons. The standard InChI is InChI=1S/C16H25N3/c1-11-7-16(15(8-17)12(2)18-11)19(9-13-3-4-13)10-14-5-6-14/h7,13-14H,3-6,8-10,17H2,1-2H3. The average molecular weight is 259 g/mol. The highest BCUT2D eigenvalue weighted by atomic mass is 15.1. The second-order valence-corrected chi connectivity index (χ2v) is 6.34. The van der Waals surface area contributed by atoms with Gasteiger partial charge in [-0.15, -0.1) is 0 Å². The zero-order chi connectivity index (χ0) is 13.4. The van der Waals surface area contributed by atoms with Crippen LogP contribution < -0.4 is 10.6 Å². The highest BCUT2D eigenvalue weighted by Crippen LogP contribution is 2.37. The Hall–Kier alpha value is -1.09. The van der Waals surface area contributed by atoms with Gasteiger partial charge in [0, 0.05) is 42.3 Å². The van der Waals surface area contributed by atoms with Crippen molar-refractivity contribution in [3.63, 3.8) is 0 Å². The zero-order valence-corrected chi connectivity index (χ0v) is 12.2. The summed E-state index contributed by atoms with van der Waals surface area (Å²) in [5.41, 5.74) is 10.8. The number of aryl methyl sites for hydroxylation is 2. The van der Waals surface area contributed by atoms with Crippen molar-refractivity contribution in [3.05, 3.63) is 23.0 Å². The molecule has 0 spiro atoms. The lowest BCUT2D eigenvalue weighted by atomic mass is 10.1. The molecule has 2 fully saturated rings. The van der Waals surface area contributed by atoms with Crippen molar-refractivity contribution in [1.82, 2.24) is 4.98 Å². The summed E-state index contributed by atoms with van der Waals surface area (Å²) < 4.78 is 0. The molecular weight excluding hydrogens is 234 g/mol. The van der Waals surface area contributed by atoms with E-state index in [1.165, 1.54) is 50.0 Å². The normalized spacial score (nSPS) is 18.7. The number of nitrogens with zero attached hydrogens (tertiary/aromatic N) is 2. The molecule has 0 atom stereocenters. The molecule has 0 bridgehead atoms. The summed E-state index contributed by atoms with van der Waals surface area (Å²) >= 11 is 0. The minimum Gasteiger partial charge on any atom is -0.371 e. The molecule has 2 aliphatic rings. The lowest BCUT2D eigenvalue weighted by Gasteiger charge is -2.28. The second-order valence-electron chi connectivity index (χ2n) is 6.34. The molecule has 3 heteroatoms. The maximum atomic E-state index is 5.97. The third-order valence-electron chi connectivity index (χ3n) is 4.33. The molecular formula is C16H25N3. The van der Waals surface area contributed by atoms with Crippen LogP contribution in [-0.2, 0) is 6.54 Å². The van der Waals surface area contributed by atoms with E-state index >= 15 is 0 Å². The third kappa shape index (κ3) is 3.08. The first-order valence-electron chi connectivity index (χ1n) is 7.59. The smallest absolute Gasteiger partial charge is 0.0448 e. The van der Waals surface area contributed by atoms with E-state index in [0.29, 0.717) is 6.54 Å². The first kappa shape index (κ1) is 12.9. The van der Waals surface area contributed by atoms with Crippen LogP contribution in [0.1, 0.15) is 42.6 Å². The van der Waals surface area contributed by atoms with Crippen molar-refractivity contribution in [2.75, 3.05) is 18.0 Å². The molecule has 2 N–H and O–H groups in total. The fourth-order valence-electron chi connectivity index (χ4n) is 2.86. The van der Waals surface area contributed by atoms with Gasteiger partial charge in [-0.1, -0.05) is 0 Å². The van der Waals surface area contributed by atoms with E-state index in [2.05, 4.69) is 29.8 Å². The van der Waals surface area contributed by atoms with Gasteiger partial charge in [0.1, 0.15) is 0 Å². The summed E-state index contributed by atoms with van der Waals surface area (Å²) in [5, 5.41) is 0. The number of aromatic nitrogens is 1. The van der Waals surface area contributed by atoms with E-state index in [0.717, 1.165) is 23.2 Å². The summed E-state index contributed by atoms with van der Waals surface area (Å²) in [5.74, 6) is 1.83. The lowest BCUT2D eigenvalue weighted by molar-refractivity contribution is 0.674. The van der Waals surface area contributed by atoms with Crippen LogP contribution in [0.3, 0.4) is 0 Å². The lowest BCUT2D eigenvalue weighted by Crippen LogP contribution is -2.30. The summed E-state index contributed by atoms with van der Waals surface area (Å²) in [6.45, 7) is 7.20. The molecule has 19 heavy (non-hydrogen) atoms. The minimum atomic E-state index is 0.598. The van der Waals surface area contributed by atoms with Gasteiger partial charge >= 0.3 is 0 Å². The molecule has 0 unspecified atom stereocenters.